The van der Waals surface area contributed by atoms with Crippen LogP contribution in [0, 0.1) is 11.3 Å². The second-order valence-electron chi connectivity index (χ2n) is 15.9. The molecular formula is C36H53N7O3S. The highest BCUT2D eigenvalue weighted by molar-refractivity contribution is 7.97. The molecule has 1 aliphatic carbocycles. The number of pyridine rings is 2. The molecule has 0 aromatic carbocycles. The maximum Gasteiger partial charge on any atom is 0.265 e. The van der Waals surface area contributed by atoms with E-state index in [0.29, 0.717) is 34.2 Å². The van der Waals surface area contributed by atoms with Crippen molar-refractivity contribution in [3.63, 3.8) is 0 Å². The highest BCUT2D eigenvalue weighted by atomic mass is 32.2. The van der Waals surface area contributed by atoms with Crippen molar-refractivity contribution in [2.24, 2.45) is 11.3 Å². The number of rotatable bonds is 5. The van der Waals surface area contributed by atoms with E-state index in [2.05, 4.69) is 59.8 Å². The highest BCUT2D eigenvalue weighted by Crippen LogP contribution is 2.49. The summed E-state index contributed by atoms with van der Waals surface area (Å²) in [5, 5.41) is 7.54. The highest BCUT2D eigenvalue weighted by Gasteiger charge is 2.47. The van der Waals surface area contributed by atoms with Crippen molar-refractivity contribution >= 4 is 35.4 Å². The van der Waals surface area contributed by atoms with E-state index in [9.17, 15) is 9.59 Å². The predicted molar refractivity (Wildman–Crippen MR) is 188 cm³/mol. The van der Waals surface area contributed by atoms with Crippen LogP contribution in [0.25, 0.3) is 0 Å². The number of hydrogen-bond acceptors (Lipinski definition) is 9. The molecular weight excluding hydrogens is 611 g/mol. The molecule has 4 bridgehead atoms. The maximum absolute atomic E-state index is 13.9. The molecule has 5 heterocycles. The molecule has 3 fully saturated rings. The number of methoxy groups -OCH3 is 1. The molecule has 256 valence electrons. The second kappa shape index (κ2) is 13.6. The van der Waals surface area contributed by atoms with E-state index in [1.807, 2.05) is 30.3 Å². The Bertz CT molecular complexity index is 1440. The molecule has 2 saturated heterocycles. The zero-order chi connectivity index (χ0) is 33.4. The van der Waals surface area contributed by atoms with Gasteiger partial charge in [-0.1, -0.05) is 26.8 Å². The minimum absolute atomic E-state index is 0.0517. The van der Waals surface area contributed by atoms with Crippen molar-refractivity contribution in [1.29, 1.82) is 0 Å². The summed E-state index contributed by atoms with van der Waals surface area (Å²) in [6.07, 6.45) is 7.04. The van der Waals surface area contributed by atoms with Gasteiger partial charge in [0.2, 0.25) is 5.91 Å². The van der Waals surface area contributed by atoms with Gasteiger partial charge in [0.25, 0.3) is 5.91 Å². The van der Waals surface area contributed by atoms with Gasteiger partial charge in [-0.15, -0.1) is 0 Å². The van der Waals surface area contributed by atoms with Gasteiger partial charge >= 0.3 is 0 Å². The number of likely N-dealkylation sites (tertiary alicyclic amines) is 1. The Morgan fingerprint density at radius 1 is 1.09 bits per heavy atom. The lowest BCUT2D eigenvalue weighted by atomic mass is 9.60. The van der Waals surface area contributed by atoms with E-state index >= 15 is 0 Å². The van der Waals surface area contributed by atoms with Crippen molar-refractivity contribution in [3.8, 4) is 0 Å². The van der Waals surface area contributed by atoms with Crippen LogP contribution in [-0.4, -0.2) is 84.2 Å². The lowest BCUT2D eigenvalue weighted by Gasteiger charge is -2.52. The van der Waals surface area contributed by atoms with Crippen LogP contribution in [0.2, 0.25) is 0 Å². The van der Waals surface area contributed by atoms with Gasteiger partial charge in [0.1, 0.15) is 22.7 Å². The minimum atomic E-state index is -0.398. The second-order valence-corrected chi connectivity index (χ2v) is 16.8. The number of ether oxygens (including phenoxy) is 1. The van der Waals surface area contributed by atoms with Crippen LogP contribution >= 0.6 is 11.9 Å². The fourth-order valence-corrected chi connectivity index (χ4v) is 8.62. The molecule has 1 saturated carbocycles. The third-order valence-electron chi connectivity index (χ3n) is 10.8. The molecule has 10 nitrogen and oxygen atoms in total. The van der Waals surface area contributed by atoms with Crippen LogP contribution in [-0.2, 0) is 14.9 Å². The zero-order valence-corrected chi connectivity index (χ0v) is 29.8. The van der Waals surface area contributed by atoms with Crippen molar-refractivity contribution in [1.82, 2.24) is 24.9 Å². The standard InChI is InChI=1S/C36H53N7O3S/c1-34(2,3)28-13-11-26-31(39-28)43-23-24(20-35(43,4)5)10-12-27(38-29-8-7-9-30(40-29)47-41-32(26)44)33(45)37-25-21-36(22-25)14-16-42(17-15-36)18-19-46-6/h7-9,11,13,24-25,27H,10,12,14-23H2,1-6H3,(H,37,45)(H,38,40)(H,41,44)/t24-,27?/m0/s1. The quantitative estimate of drug-likeness (QED) is 0.363. The third-order valence-corrected chi connectivity index (χ3v) is 11.5. The van der Waals surface area contributed by atoms with Crippen LogP contribution < -0.4 is 20.3 Å². The summed E-state index contributed by atoms with van der Waals surface area (Å²) in [4.78, 5) is 42.2. The topological polar surface area (TPSA) is 112 Å². The SMILES string of the molecule is COCCN1CCC2(CC1)CC(NC(=O)C1CC[C@@H]3CN(c4nc(C(C)(C)C)ccc4C(=O)NSc4cccc(n4)N1)C(C)(C)C3)C2. The van der Waals surface area contributed by atoms with Crippen LogP contribution in [0.4, 0.5) is 11.6 Å². The largest absolute Gasteiger partial charge is 0.383 e. The molecule has 2 aromatic heterocycles. The normalized spacial score (nSPS) is 24.7. The van der Waals surface area contributed by atoms with Gasteiger partial charge in [-0.3, -0.25) is 14.3 Å². The first-order chi connectivity index (χ1) is 22.3. The summed E-state index contributed by atoms with van der Waals surface area (Å²) in [6, 6.07) is 9.39. The van der Waals surface area contributed by atoms with Gasteiger partial charge in [-0.05, 0) is 107 Å². The maximum atomic E-state index is 13.9. The summed E-state index contributed by atoms with van der Waals surface area (Å²) in [7, 11) is 1.76. The third kappa shape index (κ3) is 7.73. The number of anilines is 2. The lowest BCUT2D eigenvalue weighted by Crippen LogP contribution is -2.57. The number of nitrogens with one attached hydrogen (secondary N) is 3. The molecule has 1 spiro atoms. The van der Waals surface area contributed by atoms with Crippen molar-refractivity contribution in [2.75, 3.05) is 50.1 Å². The first-order valence-electron chi connectivity index (χ1n) is 17.4. The van der Waals surface area contributed by atoms with E-state index < -0.39 is 6.04 Å². The average molecular weight is 664 g/mol. The van der Waals surface area contributed by atoms with Gasteiger partial charge < -0.3 is 25.2 Å². The average Bonchev–Trinajstić information content (AvgIpc) is 3.33. The Morgan fingerprint density at radius 2 is 1.85 bits per heavy atom. The Labute approximate surface area is 284 Å². The first-order valence-corrected chi connectivity index (χ1v) is 18.2. The van der Waals surface area contributed by atoms with Crippen molar-refractivity contribution in [3.05, 3.63) is 41.6 Å². The van der Waals surface area contributed by atoms with Gasteiger partial charge in [0, 0.05) is 54.8 Å². The molecule has 4 aliphatic rings. The molecule has 0 radical (unpaired) electrons. The van der Waals surface area contributed by atoms with E-state index in [1.165, 1.54) is 24.8 Å². The van der Waals surface area contributed by atoms with Crippen molar-refractivity contribution < 1.29 is 14.3 Å². The molecule has 3 N–H and O–H groups in total. The Kier molecular flexibility index (Phi) is 9.80. The summed E-state index contributed by atoms with van der Waals surface area (Å²) in [5.74, 6) is 1.58. The number of carbonyl (C=O) groups is 2. The van der Waals surface area contributed by atoms with Gasteiger partial charge in [0.05, 0.1) is 12.2 Å². The summed E-state index contributed by atoms with van der Waals surface area (Å²) in [5.41, 5.74) is 1.55. The van der Waals surface area contributed by atoms with Crippen LogP contribution in [0.15, 0.2) is 35.4 Å². The Morgan fingerprint density at radius 3 is 2.57 bits per heavy atom. The zero-order valence-electron chi connectivity index (χ0n) is 29.0. The summed E-state index contributed by atoms with van der Waals surface area (Å²) >= 11 is 1.18. The number of carbonyl (C=O) groups excluding carboxylic acids is 2. The van der Waals surface area contributed by atoms with Crippen molar-refractivity contribution in [2.45, 2.75) is 108 Å². The van der Waals surface area contributed by atoms with E-state index in [1.54, 1.807) is 7.11 Å². The van der Waals surface area contributed by atoms with E-state index in [-0.39, 0.29) is 28.8 Å². The molecule has 3 aliphatic heterocycles. The molecule has 2 aromatic rings. The smallest absolute Gasteiger partial charge is 0.265 e. The Balaban J connectivity index is 1.19. The van der Waals surface area contributed by atoms with Crippen LogP contribution in [0.3, 0.4) is 0 Å². The predicted octanol–water partition coefficient (Wildman–Crippen LogP) is 5.40. The fraction of sp³-hybridized carbons (Fsp3) is 0.667. The number of nitrogens with zero attached hydrogens (tertiary/aromatic N) is 4. The molecule has 2 atom stereocenters. The van der Waals surface area contributed by atoms with Crippen LogP contribution in [0.1, 0.15) is 95.6 Å². The lowest BCUT2D eigenvalue weighted by molar-refractivity contribution is -0.125. The molecule has 1 unspecified atom stereocenters. The number of piperidine rings is 1. The molecule has 2 amide bonds. The summed E-state index contributed by atoms with van der Waals surface area (Å²) < 4.78 is 8.28. The van der Waals surface area contributed by atoms with Gasteiger partial charge in [0.15, 0.2) is 0 Å². The van der Waals surface area contributed by atoms with Gasteiger partial charge in [-0.2, -0.15) is 0 Å². The van der Waals surface area contributed by atoms with Crippen LogP contribution in [0.5, 0.6) is 0 Å². The number of fused-ring (bicyclic) bond motifs is 6. The number of amides is 2. The molecule has 6 rings (SSSR count). The van der Waals surface area contributed by atoms with Gasteiger partial charge in [-0.25, -0.2) is 9.97 Å². The molecule has 11 heteroatoms. The molecule has 47 heavy (non-hydrogen) atoms. The number of hydrogen-bond donors (Lipinski definition) is 3. The first kappa shape index (κ1) is 34.0. The minimum Gasteiger partial charge on any atom is -0.383 e. The summed E-state index contributed by atoms with van der Waals surface area (Å²) in [6.45, 7) is 15.7. The monoisotopic (exact) mass is 663 g/mol. The van der Waals surface area contributed by atoms with E-state index in [4.69, 9.17) is 14.7 Å². The van der Waals surface area contributed by atoms with E-state index in [0.717, 1.165) is 70.0 Å². The number of aromatic nitrogens is 2. The Hall–Kier alpha value is -2.89. The fourth-order valence-electron chi connectivity index (χ4n) is 8.03.